The van der Waals surface area contributed by atoms with E-state index in [0.29, 0.717) is 0 Å². The molecule has 0 aliphatic heterocycles. The monoisotopic (exact) mass is 243 g/mol. The number of allylic oxidation sites excluding steroid dienone is 2. The highest BCUT2D eigenvalue weighted by atomic mass is 16.5. The largest absolute Gasteiger partial charge is 0.466 e. The second kappa shape index (κ2) is 6.93. The normalized spacial score (nSPS) is 11.1. The SMILES string of the molecule is COC(=O)/C(=C/C=C/c1cccc(C)c1)N=[N+]=[N-]. The van der Waals surface area contributed by atoms with Gasteiger partial charge in [0.15, 0.2) is 0 Å². The maximum atomic E-state index is 11.2. The first kappa shape index (κ1) is 13.5. The first-order valence-electron chi connectivity index (χ1n) is 5.26. The molecular weight excluding hydrogens is 230 g/mol. The van der Waals surface area contributed by atoms with Crippen LogP contribution in [0.2, 0.25) is 0 Å². The molecule has 0 fully saturated rings. The molecule has 5 heteroatoms. The maximum absolute atomic E-state index is 11.2. The molecule has 0 spiro atoms. The number of azide groups is 1. The molecule has 0 saturated heterocycles. The Balaban J connectivity index is 2.88. The molecule has 0 aliphatic rings. The number of aryl methyl sites for hydroxylation is 1. The molecule has 0 aromatic heterocycles. The van der Waals surface area contributed by atoms with Gasteiger partial charge in [-0.05, 0) is 24.1 Å². The van der Waals surface area contributed by atoms with Crippen LogP contribution in [0.4, 0.5) is 0 Å². The van der Waals surface area contributed by atoms with E-state index in [0.717, 1.165) is 11.1 Å². The number of carbonyl (C=O) groups is 1. The van der Waals surface area contributed by atoms with E-state index in [1.54, 1.807) is 6.08 Å². The number of nitrogens with zero attached hydrogens (tertiary/aromatic N) is 3. The van der Waals surface area contributed by atoms with Gasteiger partial charge in [0.05, 0.1) is 7.11 Å². The highest BCUT2D eigenvalue weighted by Gasteiger charge is 2.04. The lowest BCUT2D eigenvalue weighted by molar-refractivity contribution is -0.136. The van der Waals surface area contributed by atoms with Gasteiger partial charge in [-0.2, -0.15) is 0 Å². The Labute approximate surface area is 105 Å². The van der Waals surface area contributed by atoms with E-state index < -0.39 is 5.97 Å². The summed E-state index contributed by atoms with van der Waals surface area (Å²) in [6.45, 7) is 1.99. The highest BCUT2D eigenvalue weighted by Crippen LogP contribution is 2.07. The topological polar surface area (TPSA) is 75.1 Å². The second-order valence-corrected chi connectivity index (χ2v) is 3.51. The molecule has 0 N–H and O–H groups in total. The van der Waals surface area contributed by atoms with Crippen molar-refractivity contribution in [3.63, 3.8) is 0 Å². The summed E-state index contributed by atoms with van der Waals surface area (Å²) in [4.78, 5) is 13.8. The smallest absolute Gasteiger partial charge is 0.340 e. The van der Waals surface area contributed by atoms with Crippen molar-refractivity contribution in [2.75, 3.05) is 7.11 Å². The number of ether oxygens (including phenoxy) is 1. The van der Waals surface area contributed by atoms with Gasteiger partial charge in [-0.25, -0.2) is 4.79 Å². The molecule has 0 atom stereocenters. The van der Waals surface area contributed by atoms with E-state index in [9.17, 15) is 4.79 Å². The minimum Gasteiger partial charge on any atom is -0.466 e. The summed E-state index contributed by atoms with van der Waals surface area (Å²) in [7, 11) is 1.23. The van der Waals surface area contributed by atoms with Crippen LogP contribution in [0.1, 0.15) is 11.1 Å². The van der Waals surface area contributed by atoms with E-state index in [2.05, 4.69) is 14.8 Å². The van der Waals surface area contributed by atoms with E-state index in [1.807, 2.05) is 37.3 Å². The fraction of sp³-hybridized carbons (Fsp3) is 0.154. The van der Waals surface area contributed by atoms with E-state index >= 15 is 0 Å². The van der Waals surface area contributed by atoms with Gasteiger partial charge >= 0.3 is 5.97 Å². The van der Waals surface area contributed by atoms with E-state index in [1.165, 1.54) is 13.2 Å². The average molecular weight is 243 g/mol. The van der Waals surface area contributed by atoms with Crippen molar-refractivity contribution in [3.8, 4) is 0 Å². The summed E-state index contributed by atoms with van der Waals surface area (Å²) < 4.78 is 4.48. The summed E-state index contributed by atoms with van der Waals surface area (Å²) in [5.74, 6) is -0.665. The Morgan fingerprint density at radius 2 is 2.28 bits per heavy atom. The molecule has 0 aliphatic carbocycles. The minimum atomic E-state index is -0.665. The summed E-state index contributed by atoms with van der Waals surface area (Å²) in [6.07, 6.45) is 4.85. The minimum absolute atomic E-state index is 0.0797. The summed E-state index contributed by atoms with van der Waals surface area (Å²) >= 11 is 0. The maximum Gasteiger partial charge on any atom is 0.340 e. The first-order chi connectivity index (χ1) is 8.67. The molecule has 1 rings (SSSR count). The molecule has 1 aromatic carbocycles. The van der Waals surface area contributed by atoms with Crippen LogP contribution in [-0.2, 0) is 9.53 Å². The molecule has 0 saturated carbocycles. The van der Waals surface area contributed by atoms with Crippen molar-refractivity contribution >= 4 is 12.0 Å². The number of carbonyl (C=O) groups excluding carboxylic acids is 1. The quantitative estimate of drug-likeness (QED) is 0.203. The Hall–Kier alpha value is -2.52. The Bertz CT molecular complexity index is 541. The molecule has 0 bridgehead atoms. The van der Waals surface area contributed by atoms with Crippen LogP contribution in [-0.4, -0.2) is 13.1 Å². The summed E-state index contributed by atoms with van der Waals surface area (Å²) in [5.41, 5.74) is 10.4. The fourth-order valence-corrected chi connectivity index (χ4v) is 1.32. The summed E-state index contributed by atoms with van der Waals surface area (Å²) in [5, 5.41) is 3.26. The van der Waals surface area contributed by atoms with Crippen molar-refractivity contribution in [1.29, 1.82) is 0 Å². The molecule has 0 unspecified atom stereocenters. The number of hydrogen-bond acceptors (Lipinski definition) is 3. The van der Waals surface area contributed by atoms with Gasteiger partial charge in [-0.15, -0.1) is 0 Å². The van der Waals surface area contributed by atoms with Gasteiger partial charge in [-0.3, -0.25) is 0 Å². The third-order valence-corrected chi connectivity index (χ3v) is 2.13. The fourth-order valence-electron chi connectivity index (χ4n) is 1.32. The standard InChI is InChI=1S/C13H13N3O2/c1-10-5-3-6-11(9-10)7-4-8-12(15-16-14)13(17)18-2/h3-9H,1-2H3/b7-4+,12-8-. The van der Waals surface area contributed by atoms with E-state index in [-0.39, 0.29) is 5.70 Å². The number of rotatable bonds is 4. The predicted octanol–water partition coefficient (Wildman–Crippen LogP) is 3.38. The molecule has 92 valence electrons. The molecule has 0 heterocycles. The number of methoxy groups -OCH3 is 1. The molecule has 5 nitrogen and oxygen atoms in total. The zero-order valence-electron chi connectivity index (χ0n) is 10.2. The molecule has 1 aromatic rings. The van der Waals surface area contributed by atoms with E-state index in [4.69, 9.17) is 5.53 Å². The molecule has 0 radical (unpaired) electrons. The van der Waals surface area contributed by atoms with Crippen LogP contribution in [0.3, 0.4) is 0 Å². The Morgan fingerprint density at radius 3 is 2.89 bits per heavy atom. The van der Waals surface area contributed by atoms with Crippen LogP contribution >= 0.6 is 0 Å². The highest BCUT2D eigenvalue weighted by molar-refractivity contribution is 5.88. The lowest BCUT2D eigenvalue weighted by Crippen LogP contribution is -2.01. The van der Waals surface area contributed by atoms with Crippen molar-refractivity contribution in [2.24, 2.45) is 5.11 Å². The third-order valence-electron chi connectivity index (χ3n) is 2.13. The van der Waals surface area contributed by atoms with Crippen LogP contribution in [0, 0.1) is 6.92 Å². The summed E-state index contributed by atoms with van der Waals surface area (Å²) in [6, 6.07) is 7.86. The van der Waals surface area contributed by atoms with Crippen molar-refractivity contribution < 1.29 is 9.53 Å². The van der Waals surface area contributed by atoms with Crippen LogP contribution in [0.25, 0.3) is 16.5 Å². The first-order valence-corrected chi connectivity index (χ1v) is 5.26. The Morgan fingerprint density at radius 1 is 1.50 bits per heavy atom. The zero-order valence-corrected chi connectivity index (χ0v) is 10.2. The number of hydrogen-bond donors (Lipinski definition) is 0. The molecule has 0 amide bonds. The zero-order chi connectivity index (χ0) is 13.4. The third kappa shape index (κ3) is 4.15. The van der Waals surface area contributed by atoms with Crippen LogP contribution in [0.15, 0.2) is 47.2 Å². The number of benzene rings is 1. The van der Waals surface area contributed by atoms with Crippen molar-refractivity contribution in [2.45, 2.75) is 6.92 Å². The van der Waals surface area contributed by atoms with Crippen molar-refractivity contribution in [3.05, 3.63) is 63.7 Å². The van der Waals surface area contributed by atoms with Gasteiger partial charge < -0.3 is 4.74 Å². The molecular formula is C13H13N3O2. The van der Waals surface area contributed by atoms with Gasteiger partial charge in [0.1, 0.15) is 5.70 Å². The van der Waals surface area contributed by atoms with Crippen LogP contribution in [0.5, 0.6) is 0 Å². The second-order valence-electron chi connectivity index (χ2n) is 3.51. The van der Waals surface area contributed by atoms with Crippen LogP contribution < -0.4 is 0 Å². The lowest BCUT2D eigenvalue weighted by atomic mass is 10.1. The van der Waals surface area contributed by atoms with Gasteiger partial charge in [0.25, 0.3) is 0 Å². The van der Waals surface area contributed by atoms with Gasteiger partial charge in [0, 0.05) is 4.91 Å². The van der Waals surface area contributed by atoms with Crippen molar-refractivity contribution in [1.82, 2.24) is 0 Å². The average Bonchev–Trinajstić information content (AvgIpc) is 2.37. The predicted molar refractivity (Wildman–Crippen MR) is 69.5 cm³/mol. The lowest BCUT2D eigenvalue weighted by Gasteiger charge is -1.96. The molecule has 18 heavy (non-hydrogen) atoms. The number of esters is 1. The van der Waals surface area contributed by atoms with Gasteiger partial charge in [0.2, 0.25) is 0 Å². The Kier molecular flexibility index (Phi) is 5.22. The van der Waals surface area contributed by atoms with Gasteiger partial charge in [-0.1, -0.05) is 47.1 Å².